The zero-order valence-electron chi connectivity index (χ0n) is 13.5. The third-order valence-corrected chi connectivity index (χ3v) is 2.84. The number of aliphatic carboxylic acids is 2. The highest BCUT2D eigenvalue weighted by molar-refractivity contribution is 5.74. The molecule has 0 rings (SSSR count). The highest BCUT2D eigenvalue weighted by Gasteiger charge is 2.19. The lowest BCUT2D eigenvalue weighted by Gasteiger charge is -2.20. The first-order valence-electron chi connectivity index (χ1n) is 7.52. The van der Waals surface area contributed by atoms with Gasteiger partial charge in [-0.1, -0.05) is 0 Å². The van der Waals surface area contributed by atoms with E-state index < -0.39 is 30.8 Å². The van der Waals surface area contributed by atoms with E-state index in [4.69, 9.17) is 36.6 Å². The minimum Gasteiger partial charge on any atom is -0.480 e. The molecule has 24 heavy (non-hydrogen) atoms. The summed E-state index contributed by atoms with van der Waals surface area (Å²) in [4.78, 5) is 21.4. The predicted molar refractivity (Wildman–Crippen MR) is 85.6 cm³/mol. The first-order chi connectivity index (χ1) is 11.3. The molecule has 1 unspecified atom stereocenters. The van der Waals surface area contributed by atoms with Gasteiger partial charge in [-0.25, -0.2) is 4.79 Å². The van der Waals surface area contributed by atoms with E-state index in [1.54, 1.807) is 0 Å². The number of carboxylic acid groups (broad SMARTS) is 2. The summed E-state index contributed by atoms with van der Waals surface area (Å²) in [5.74, 6) is -2.18. The lowest BCUT2D eigenvalue weighted by Crippen LogP contribution is -2.50. The molecule has 0 amide bonds. The largest absolute Gasteiger partial charge is 0.480 e. The maximum Gasteiger partial charge on any atom is 0.329 e. The number of ether oxygens (including phenoxy) is 2. The van der Waals surface area contributed by atoms with Crippen molar-refractivity contribution in [3.8, 4) is 0 Å². The Bertz CT molecular complexity index is 395. The van der Waals surface area contributed by atoms with Gasteiger partial charge in [0.05, 0.1) is 26.0 Å². The van der Waals surface area contributed by atoms with Gasteiger partial charge < -0.3 is 36.5 Å². The van der Waals surface area contributed by atoms with Crippen molar-refractivity contribution < 1.29 is 29.3 Å². The molecular weight excluding hydrogens is 322 g/mol. The second-order valence-electron chi connectivity index (χ2n) is 5.02. The summed E-state index contributed by atoms with van der Waals surface area (Å²) >= 11 is 0. The fraction of sp³-hybridized carbons (Fsp3) is 0.769. The van der Waals surface area contributed by atoms with Crippen LogP contribution in [0.3, 0.4) is 0 Å². The molecule has 0 aliphatic heterocycles. The Kier molecular flexibility index (Phi) is 12.4. The molecule has 0 aromatic carbocycles. The third kappa shape index (κ3) is 13.7. The number of carbonyl (C=O) groups is 2. The smallest absolute Gasteiger partial charge is 0.329 e. The summed E-state index contributed by atoms with van der Waals surface area (Å²) < 4.78 is 9.96. The SMILES string of the molecule is N=C(N)NCCCC[C@H](NC(N)COCCOCC(=O)O)C(=O)O. The van der Waals surface area contributed by atoms with E-state index in [1.165, 1.54) is 0 Å². The molecule has 0 aromatic rings. The van der Waals surface area contributed by atoms with Gasteiger partial charge in [0.1, 0.15) is 12.6 Å². The summed E-state index contributed by atoms with van der Waals surface area (Å²) in [6, 6.07) is -0.802. The molecule has 2 atom stereocenters. The minimum absolute atomic E-state index is 0.0755. The topological polar surface area (TPSA) is 193 Å². The summed E-state index contributed by atoms with van der Waals surface area (Å²) in [6.07, 6.45) is 1.02. The van der Waals surface area contributed by atoms with Crippen LogP contribution in [0.2, 0.25) is 0 Å². The molecule has 11 nitrogen and oxygen atoms in total. The standard InChI is InChI=1S/C13H27N5O6/c14-10(7-23-5-6-24-8-11(19)20)18-9(12(21)22)3-1-2-4-17-13(15)16/h9-10,18H,1-8,14H2,(H,19,20)(H,21,22)(H4,15,16,17)/t9-,10?/m0/s1. The molecule has 0 aliphatic rings. The van der Waals surface area contributed by atoms with Gasteiger partial charge >= 0.3 is 11.9 Å². The number of rotatable bonds is 15. The minimum atomic E-state index is -1.06. The van der Waals surface area contributed by atoms with Crippen molar-refractivity contribution in [2.24, 2.45) is 11.5 Å². The van der Waals surface area contributed by atoms with Crippen molar-refractivity contribution in [2.75, 3.05) is 33.0 Å². The monoisotopic (exact) mass is 349 g/mol. The van der Waals surface area contributed by atoms with Crippen LogP contribution in [-0.2, 0) is 19.1 Å². The number of nitrogens with one attached hydrogen (secondary N) is 3. The van der Waals surface area contributed by atoms with Gasteiger partial charge in [0.2, 0.25) is 0 Å². The Hall–Kier alpha value is -1.95. The van der Waals surface area contributed by atoms with Crippen molar-refractivity contribution in [3.05, 3.63) is 0 Å². The third-order valence-electron chi connectivity index (χ3n) is 2.84. The van der Waals surface area contributed by atoms with Crippen molar-refractivity contribution >= 4 is 17.9 Å². The highest BCUT2D eigenvalue weighted by atomic mass is 16.5. The van der Waals surface area contributed by atoms with Crippen LogP contribution in [0.1, 0.15) is 19.3 Å². The molecular formula is C13H27N5O6. The van der Waals surface area contributed by atoms with Crippen molar-refractivity contribution in [2.45, 2.75) is 31.5 Å². The quantitative estimate of drug-likeness (QED) is 0.0758. The Morgan fingerprint density at radius 1 is 1.17 bits per heavy atom. The van der Waals surface area contributed by atoms with E-state index in [1.807, 2.05) is 0 Å². The molecule has 0 radical (unpaired) electrons. The van der Waals surface area contributed by atoms with Crippen molar-refractivity contribution in [3.63, 3.8) is 0 Å². The molecule has 0 heterocycles. The molecule has 0 aromatic heterocycles. The molecule has 0 fully saturated rings. The van der Waals surface area contributed by atoms with Crippen molar-refractivity contribution in [1.29, 1.82) is 5.41 Å². The number of unbranched alkanes of at least 4 members (excludes halogenated alkanes) is 1. The number of hydrogen-bond acceptors (Lipinski definition) is 7. The lowest BCUT2D eigenvalue weighted by atomic mass is 10.1. The number of nitrogens with two attached hydrogens (primary N) is 2. The fourth-order valence-corrected chi connectivity index (χ4v) is 1.77. The molecule has 140 valence electrons. The summed E-state index contributed by atoms with van der Waals surface area (Å²) in [6.45, 7) is 0.466. The average Bonchev–Trinajstić information content (AvgIpc) is 2.48. The maximum absolute atomic E-state index is 11.2. The average molecular weight is 349 g/mol. The first kappa shape index (κ1) is 22.1. The molecule has 0 saturated heterocycles. The van der Waals surface area contributed by atoms with E-state index >= 15 is 0 Å². The molecule has 9 N–H and O–H groups in total. The number of hydrogen-bond donors (Lipinski definition) is 7. The summed E-state index contributed by atoms with van der Waals surface area (Å²) in [5.41, 5.74) is 10.9. The Morgan fingerprint density at radius 2 is 1.83 bits per heavy atom. The Morgan fingerprint density at radius 3 is 2.42 bits per heavy atom. The van der Waals surface area contributed by atoms with Gasteiger partial charge in [0, 0.05) is 6.54 Å². The van der Waals surface area contributed by atoms with Gasteiger partial charge in [-0.2, -0.15) is 0 Å². The van der Waals surface area contributed by atoms with Crippen LogP contribution in [0.15, 0.2) is 0 Å². The van der Waals surface area contributed by atoms with E-state index in [-0.39, 0.29) is 25.8 Å². The van der Waals surface area contributed by atoms with Crippen LogP contribution in [0.5, 0.6) is 0 Å². The van der Waals surface area contributed by atoms with Crippen molar-refractivity contribution in [1.82, 2.24) is 10.6 Å². The van der Waals surface area contributed by atoms with Gasteiger partial charge in [-0.15, -0.1) is 0 Å². The molecule has 0 bridgehead atoms. The summed E-state index contributed by atoms with van der Waals surface area (Å²) in [7, 11) is 0. The van der Waals surface area contributed by atoms with E-state index in [9.17, 15) is 9.59 Å². The van der Waals surface area contributed by atoms with Gasteiger partial charge in [-0.3, -0.25) is 15.5 Å². The predicted octanol–water partition coefficient (Wildman–Crippen LogP) is -1.91. The zero-order chi connectivity index (χ0) is 18.4. The van der Waals surface area contributed by atoms with Crippen LogP contribution in [0.25, 0.3) is 0 Å². The van der Waals surface area contributed by atoms with Gasteiger partial charge in [-0.05, 0) is 19.3 Å². The molecule has 11 heteroatoms. The highest BCUT2D eigenvalue weighted by Crippen LogP contribution is 2.01. The zero-order valence-corrected chi connectivity index (χ0v) is 13.5. The van der Waals surface area contributed by atoms with E-state index in [2.05, 4.69) is 10.6 Å². The number of carboxylic acids is 2. The van der Waals surface area contributed by atoms with Crippen LogP contribution in [0.4, 0.5) is 0 Å². The normalized spacial score (nSPS) is 13.2. The molecule has 0 saturated carbocycles. The van der Waals surface area contributed by atoms with E-state index in [0.717, 1.165) is 0 Å². The van der Waals surface area contributed by atoms with Crippen LogP contribution in [0, 0.1) is 5.41 Å². The Balaban J connectivity index is 3.82. The Labute approximate surface area is 140 Å². The second kappa shape index (κ2) is 13.5. The fourth-order valence-electron chi connectivity index (χ4n) is 1.77. The van der Waals surface area contributed by atoms with E-state index in [0.29, 0.717) is 25.8 Å². The first-order valence-corrected chi connectivity index (χ1v) is 7.52. The maximum atomic E-state index is 11.2. The lowest BCUT2D eigenvalue weighted by molar-refractivity contribution is -0.142. The van der Waals surface area contributed by atoms with Gasteiger partial charge in [0.15, 0.2) is 5.96 Å². The van der Waals surface area contributed by atoms with Crippen LogP contribution in [-0.4, -0.2) is 73.3 Å². The molecule has 0 aliphatic carbocycles. The molecule has 0 spiro atoms. The van der Waals surface area contributed by atoms with Gasteiger partial charge in [0.25, 0.3) is 0 Å². The van der Waals surface area contributed by atoms with Crippen LogP contribution < -0.4 is 22.1 Å². The summed E-state index contributed by atoms with van der Waals surface area (Å²) in [5, 5.41) is 29.9. The number of guanidine groups is 1. The second-order valence-corrected chi connectivity index (χ2v) is 5.02. The van der Waals surface area contributed by atoms with Crippen LogP contribution >= 0.6 is 0 Å².